The second-order valence-electron chi connectivity index (χ2n) is 5.08. The summed E-state index contributed by atoms with van der Waals surface area (Å²) in [6, 6.07) is 8.39. The number of nitrogens with one attached hydrogen (secondary N) is 1. The van der Waals surface area contributed by atoms with Gasteiger partial charge in [0.2, 0.25) is 0 Å². The molecule has 3 unspecified atom stereocenters. The third kappa shape index (κ3) is 3.80. The molecule has 1 heterocycles. The summed E-state index contributed by atoms with van der Waals surface area (Å²) < 4.78 is 1.05. The highest BCUT2D eigenvalue weighted by molar-refractivity contribution is 9.10. The SMILES string of the molecule is CC1CCNC(CC(O)c2ccc(Br)cc2)C1. The maximum absolute atomic E-state index is 10.2. The molecule has 17 heavy (non-hydrogen) atoms. The Labute approximate surface area is 112 Å². The molecule has 1 aromatic carbocycles. The van der Waals surface area contributed by atoms with E-state index >= 15 is 0 Å². The second kappa shape index (κ2) is 5.98. The predicted molar refractivity (Wildman–Crippen MR) is 73.9 cm³/mol. The van der Waals surface area contributed by atoms with Crippen molar-refractivity contribution in [2.75, 3.05) is 6.54 Å². The van der Waals surface area contributed by atoms with Gasteiger partial charge in [-0.3, -0.25) is 0 Å². The number of aliphatic hydroxyl groups excluding tert-OH is 1. The lowest BCUT2D eigenvalue weighted by atomic mass is 9.90. The molecule has 1 saturated heterocycles. The fraction of sp³-hybridized carbons (Fsp3) is 0.571. The summed E-state index contributed by atoms with van der Waals surface area (Å²) in [6.45, 7) is 3.37. The summed E-state index contributed by atoms with van der Waals surface area (Å²) in [4.78, 5) is 0. The van der Waals surface area contributed by atoms with Gasteiger partial charge < -0.3 is 10.4 Å². The van der Waals surface area contributed by atoms with Gasteiger partial charge in [-0.2, -0.15) is 0 Å². The molecule has 1 aromatic rings. The molecule has 2 nitrogen and oxygen atoms in total. The lowest BCUT2D eigenvalue weighted by molar-refractivity contribution is 0.138. The van der Waals surface area contributed by atoms with Crippen molar-refractivity contribution >= 4 is 15.9 Å². The largest absolute Gasteiger partial charge is 0.388 e. The van der Waals surface area contributed by atoms with E-state index in [9.17, 15) is 5.11 Å². The second-order valence-corrected chi connectivity index (χ2v) is 6.00. The average molecular weight is 298 g/mol. The van der Waals surface area contributed by atoms with E-state index in [0.29, 0.717) is 6.04 Å². The average Bonchev–Trinajstić information content (AvgIpc) is 2.29. The van der Waals surface area contributed by atoms with Crippen LogP contribution in [0.5, 0.6) is 0 Å². The Hall–Kier alpha value is -0.380. The Morgan fingerprint density at radius 2 is 2.12 bits per heavy atom. The number of hydrogen-bond donors (Lipinski definition) is 2. The molecule has 1 aliphatic heterocycles. The predicted octanol–water partition coefficient (Wildman–Crippen LogP) is 3.26. The Bertz CT molecular complexity index is 352. The minimum absolute atomic E-state index is 0.356. The van der Waals surface area contributed by atoms with Crippen molar-refractivity contribution in [3.8, 4) is 0 Å². The molecule has 0 spiro atoms. The fourth-order valence-electron chi connectivity index (χ4n) is 2.49. The van der Waals surface area contributed by atoms with Crippen LogP contribution in [0.2, 0.25) is 0 Å². The fourth-order valence-corrected chi connectivity index (χ4v) is 2.76. The van der Waals surface area contributed by atoms with Gasteiger partial charge in [0.1, 0.15) is 0 Å². The first kappa shape index (κ1) is 13.1. The summed E-state index contributed by atoms with van der Waals surface area (Å²) in [7, 11) is 0. The van der Waals surface area contributed by atoms with Crippen LogP contribution in [-0.4, -0.2) is 17.7 Å². The van der Waals surface area contributed by atoms with Gasteiger partial charge in [-0.15, -0.1) is 0 Å². The van der Waals surface area contributed by atoms with Crippen LogP contribution in [0.4, 0.5) is 0 Å². The van der Waals surface area contributed by atoms with E-state index in [-0.39, 0.29) is 6.10 Å². The molecule has 0 bridgehead atoms. The zero-order valence-electron chi connectivity index (χ0n) is 10.2. The van der Waals surface area contributed by atoms with E-state index in [1.807, 2.05) is 24.3 Å². The minimum atomic E-state index is -0.356. The molecule has 0 amide bonds. The van der Waals surface area contributed by atoms with Crippen molar-refractivity contribution in [2.45, 2.75) is 38.3 Å². The molecule has 0 aromatic heterocycles. The standard InChI is InChI=1S/C14H20BrNO/c1-10-6-7-16-13(8-10)9-14(17)11-2-4-12(15)5-3-11/h2-5,10,13-14,16-17H,6-9H2,1H3. The number of halogens is 1. The quantitative estimate of drug-likeness (QED) is 0.897. The van der Waals surface area contributed by atoms with Crippen LogP contribution in [0.25, 0.3) is 0 Å². The van der Waals surface area contributed by atoms with Gasteiger partial charge in [-0.1, -0.05) is 35.0 Å². The van der Waals surface area contributed by atoms with Gasteiger partial charge in [-0.25, -0.2) is 0 Å². The minimum Gasteiger partial charge on any atom is -0.388 e. The summed E-state index contributed by atoms with van der Waals surface area (Å²) in [5.41, 5.74) is 1.01. The van der Waals surface area contributed by atoms with E-state index in [1.165, 1.54) is 12.8 Å². The molecule has 0 radical (unpaired) electrons. The summed E-state index contributed by atoms with van der Waals surface area (Å²) in [5.74, 6) is 0.776. The smallest absolute Gasteiger partial charge is 0.0804 e. The van der Waals surface area contributed by atoms with Gasteiger partial charge >= 0.3 is 0 Å². The maximum atomic E-state index is 10.2. The Morgan fingerprint density at radius 3 is 2.76 bits per heavy atom. The highest BCUT2D eigenvalue weighted by atomic mass is 79.9. The summed E-state index contributed by atoms with van der Waals surface area (Å²) >= 11 is 3.41. The molecule has 1 fully saturated rings. The monoisotopic (exact) mass is 297 g/mol. The Balaban J connectivity index is 1.91. The van der Waals surface area contributed by atoms with Gasteiger partial charge in [0, 0.05) is 10.5 Å². The van der Waals surface area contributed by atoms with Crippen LogP contribution < -0.4 is 5.32 Å². The highest BCUT2D eigenvalue weighted by Crippen LogP contribution is 2.25. The molecular weight excluding hydrogens is 278 g/mol. The molecule has 3 atom stereocenters. The number of rotatable bonds is 3. The number of hydrogen-bond acceptors (Lipinski definition) is 2. The van der Waals surface area contributed by atoms with Crippen molar-refractivity contribution < 1.29 is 5.11 Å². The molecule has 94 valence electrons. The Morgan fingerprint density at radius 1 is 1.41 bits per heavy atom. The first-order chi connectivity index (χ1) is 8.15. The van der Waals surface area contributed by atoms with E-state index < -0.39 is 0 Å². The van der Waals surface area contributed by atoms with Crippen LogP contribution >= 0.6 is 15.9 Å². The summed E-state index contributed by atoms with van der Waals surface area (Å²) in [5, 5.41) is 13.7. The number of aliphatic hydroxyl groups is 1. The number of benzene rings is 1. The molecule has 2 N–H and O–H groups in total. The van der Waals surface area contributed by atoms with Crippen LogP contribution in [0, 0.1) is 5.92 Å². The molecule has 3 heteroatoms. The van der Waals surface area contributed by atoms with Crippen molar-refractivity contribution in [3.05, 3.63) is 34.3 Å². The Kier molecular flexibility index (Phi) is 4.60. The molecule has 0 aliphatic carbocycles. The van der Waals surface area contributed by atoms with E-state index in [0.717, 1.165) is 28.9 Å². The van der Waals surface area contributed by atoms with Gasteiger partial charge in [0.05, 0.1) is 6.10 Å². The van der Waals surface area contributed by atoms with Crippen molar-refractivity contribution in [2.24, 2.45) is 5.92 Å². The topological polar surface area (TPSA) is 32.3 Å². The lowest BCUT2D eigenvalue weighted by Gasteiger charge is -2.29. The normalized spacial score (nSPS) is 26.8. The van der Waals surface area contributed by atoms with Crippen molar-refractivity contribution in [3.63, 3.8) is 0 Å². The molecule has 0 saturated carbocycles. The summed E-state index contributed by atoms with van der Waals surface area (Å²) in [6.07, 6.45) is 2.88. The first-order valence-corrected chi connectivity index (χ1v) is 7.11. The van der Waals surface area contributed by atoms with Crippen LogP contribution in [0.3, 0.4) is 0 Å². The van der Waals surface area contributed by atoms with Crippen LogP contribution in [0.15, 0.2) is 28.7 Å². The zero-order valence-corrected chi connectivity index (χ0v) is 11.8. The van der Waals surface area contributed by atoms with E-state index in [1.54, 1.807) is 0 Å². The van der Waals surface area contributed by atoms with Gasteiger partial charge in [0.25, 0.3) is 0 Å². The third-order valence-electron chi connectivity index (χ3n) is 3.52. The highest BCUT2D eigenvalue weighted by Gasteiger charge is 2.21. The number of piperidine rings is 1. The van der Waals surface area contributed by atoms with Crippen LogP contribution in [0.1, 0.15) is 37.9 Å². The van der Waals surface area contributed by atoms with Gasteiger partial charge in [-0.05, 0) is 49.4 Å². The van der Waals surface area contributed by atoms with Gasteiger partial charge in [0.15, 0.2) is 0 Å². The molecule has 2 rings (SSSR count). The lowest BCUT2D eigenvalue weighted by Crippen LogP contribution is -2.38. The third-order valence-corrected chi connectivity index (χ3v) is 4.05. The van der Waals surface area contributed by atoms with Crippen molar-refractivity contribution in [1.82, 2.24) is 5.32 Å². The van der Waals surface area contributed by atoms with Crippen molar-refractivity contribution in [1.29, 1.82) is 0 Å². The molecular formula is C14H20BrNO. The van der Waals surface area contributed by atoms with Crippen LogP contribution in [-0.2, 0) is 0 Å². The molecule has 1 aliphatic rings. The zero-order chi connectivity index (χ0) is 12.3. The first-order valence-electron chi connectivity index (χ1n) is 6.32. The van der Waals surface area contributed by atoms with E-state index in [2.05, 4.69) is 28.2 Å². The van der Waals surface area contributed by atoms with E-state index in [4.69, 9.17) is 0 Å². The maximum Gasteiger partial charge on any atom is 0.0804 e.